The fraction of sp³-hybridized carbons (Fsp3) is 0.265. The van der Waals surface area contributed by atoms with Crippen molar-refractivity contribution in [3.8, 4) is 11.1 Å². The zero-order valence-corrected chi connectivity index (χ0v) is 46.2. The van der Waals surface area contributed by atoms with Crippen molar-refractivity contribution in [2.75, 3.05) is 15.1 Å². The van der Waals surface area contributed by atoms with E-state index in [1.165, 1.54) is 77.2 Å². The van der Waals surface area contributed by atoms with Gasteiger partial charge in [-0.2, -0.15) is 0 Å². The molecule has 370 valence electrons. The minimum absolute atomic E-state index is 0.00644. The highest BCUT2D eigenvalue weighted by atomic mass is 32.1. The van der Waals surface area contributed by atoms with Gasteiger partial charge in [-0.3, -0.25) is 0 Å². The Labute approximate surface area is 443 Å². The van der Waals surface area contributed by atoms with Crippen molar-refractivity contribution in [3.63, 3.8) is 0 Å². The number of aryl methyl sites for hydroxylation is 2. The minimum atomic E-state index is -0.00644. The van der Waals surface area contributed by atoms with Crippen LogP contribution in [0.25, 0.3) is 43.2 Å². The van der Waals surface area contributed by atoms with Crippen LogP contribution in [0.4, 0.5) is 45.5 Å². The van der Waals surface area contributed by atoms with E-state index in [0.29, 0.717) is 0 Å². The molecule has 6 heteroatoms. The van der Waals surface area contributed by atoms with Gasteiger partial charge in [0, 0.05) is 71.8 Å². The standard InChI is InChI=1S/C68H68BN3OS/c1-41-19-13-16-22-55(41)71(56-23-17-14-20-42(56)2)47-30-32-49(54(39-47)70-45-28-25-43(26-29-45)65(3,4)5)60-61-57(40-50-48-21-15-18-24-58(48)73-63(50)60)72(46-31-33-52-53(38-46)68(11,12)36-35-67(52,9)10)62-51-37-44(66(6,7)8)27-34-59(51)74-64(62)69-61/h13-34,37-40,69-70H,35-36H2,1-12H3. The molecule has 0 atom stereocenters. The van der Waals surface area contributed by atoms with Gasteiger partial charge in [0.05, 0.1) is 5.69 Å². The van der Waals surface area contributed by atoms with E-state index in [1.54, 1.807) is 0 Å². The average Bonchev–Trinajstić information content (AvgIpc) is 3.93. The highest BCUT2D eigenvalue weighted by molar-refractivity contribution is 7.29. The summed E-state index contributed by atoms with van der Waals surface area (Å²) >= 11 is 1.94. The second kappa shape index (κ2) is 17.3. The summed E-state index contributed by atoms with van der Waals surface area (Å²) in [6, 6.07) is 59.2. The molecule has 12 rings (SSSR count). The molecule has 1 N–H and O–H groups in total. The molecule has 10 aromatic rings. The summed E-state index contributed by atoms with van der Waals surface area (Å²) in [6.45, 7) is 28.0. The number of nitrogens with zero attached hydrogens (tertiary/aromatic N) is 2. The van der Waals surface area contributed by atoms with Gasteiger partial charge in [0.1, 0.15) is 11.2 Å². The summed E-state index contributed by atoms with van der Waals surface area (Å²) in [5.41, 5.74) is 22.5. The third kappa shape index (κ3) is 8.03. The van der Waals surface area contributed by atoms with E-state index in [2.05, 4.69) is 256 Å². The molecule has 74 heavy (non-hydrogen) atoms. The highest BCUT2D eigenvalue weighted by Gasteiger charge is 2.40. The molecule has 4 nitrogen and oxygen atoms in total. The molecule has 0 saturated heterocycles. The van der Waals surface area contributed by atoms with E-state index in [1.807, 2.05) is 11.3 Å². The molecule has 0 saturated carbocycles. The zero-order chi connectivity index (χ0) is 51.6. The van der Waals surface area contributed by atoms with E-state index >= 15 is 0 Å². The predicted molar refractivity (Wildman–Crippen MR) is 322 cm³/mol. The van der Waals surface area contributed by atoms with Crippen LogP contribution in [-0.4, -0.2) is 7.28 Å². The van der Waals surface area contributed by atoms with Gasteiger partial charge in [0.15, 0.2) is 0 Å². The maximum atomic E-state index is 7.22. The third-order valence-electron chi connectivity index (χ3n) is 16.5. The van der Waals surface area contributed by atoms with Crippen molar-refractivity contribution in [1.82, 2.24) is 0 Å². The van der Waals surface area contributed by atoms with Gasteiger partial charge in [-0.15, -0.1) is 11.3 Å². The number of hydrogen-bond acceptors (Lipinski definition) is 5. The maximum absolute atomic E-state index is 7.22. The zero-order valence-electron chi connectivity index (χ0n) is 45.3. The molecule has 0 bridgehead atoms. The van der Waals surface area contributed by atoms with Gasteiger partial charge < -0.3 is 19.5 Å². The van der Waals surface area contributed by atoms with Crippen molar-refractivity contribution in [2.24, 2.45) is 0 Å². The van der Waals surface area contributed by atoms with Crippen molar-refractivity contribution >= 4 is 106 Å². The second-order valence-electron chi connectivity index (χ2n) is 24.7. The van der Waals surface area contributed by atoms with Gasteiger partial charge in [-0.1, -0.05) is 154 Å². The highest BCUT2D eigenvalue weighted by Crippen LogP contribution is 2.52. The third-order valence-corrected chi connectivity index (χ3v) is 17.7. The molecule has 8 aromatic carbocycles. The SMILES string of the molecule is Cc1ccccc1N(c1ccc(-c2c3c(cc4c2oc2ccccc24)N(c2ccc4c(c2)C(C)(C)CCC4(C)C)c2c(sc4ccc(C(C)(C)C)cc24)B3)c(Nc2ccc(C(C)(C)C)cc2)c1)c1ccccc1C. The van der Waals surface area contributed by atoms with E-state index in [-0.39, 0.29) is 21.7 Å². The fourth-order valence-corrected chi connectivity index (χ4v) is 13.2. The number of rotatable bonds is 7. The van der Waals surface area contributed by atoms with Gasteiger partial charge in [0.2, 0.25) is 7.28 Å². The molecule has 1 aliphatic heterocycles. The Morgan fingerprint density at radius 3 is 1.92 bits per heavy atom. The number of hydrogen-bond donors (Lipinski definition) is 1. The van der Waals surface area contributed by atoms with Crippen LogP contribution in [0.2, 0.25) is 0 Å². The quantitative estimate of drug-likeness (QED) is 0.161. The number of para-hydroxylation sites is 3. The van der Waals surface area contributed by atoms with Gasteiger partial charge in [-0.25, -0.2) is 0 Å². The van der Waals surface area contributed by atoms with E-state index in [0.717, 1.165) is 75.2 Å². The second-order valence-corrected chi connectivity index (χ2v) is 25.8. The molecule has 3 heterocycles. The van der Waals surface area contributed by atoms with Crippen LogP contribution in [0.3, 0.4) is 0 Å². The molecular weight excluding hydrogens is 918 g/mol. The number of anilines is 8. The lowest BCUT2D eigenvalue weighted by atomic mass is 9.61. The minimum Gasteiger partial charge on any atom is -0.455 e. The molecule has 2 aliphatic rings. The summed E-state index contributed by atoms with van der Waals surface area (Å²) in [5.74, 6) is 0. The predicted octanol–water partition coefficient (Wildman–Crippen LogP) is 18.4. The summed E-state index contributed by atoms with van der Waals surface area (Å²) in [4.78, 5) is 5.07. The van der Waals surface area contributed by atoms with Crippen molar-refractivity contribution in [3.05, 3.63) is 191 Å². The summed E-state index contributed by atoms with van der Waals surface area (Å²) in [7, 11) is 0.761. The maximum Gasteiger partial charge on any atom is 0.211 e. The van der Waals surface area contributed by atoms with Crippen molar-refractivity contribution in [2.45, 2.75) is 118 Å². The largest absolute Gasteiger partial charge is 0.455 e. The Kier molecular flexibility index (Phi) is 11.2. The van der Waals surface area contributed by atoms with Crippen LogP contribution in [0, 0.1) is 13.8 Å². The number of thiophene rings is 1. The lowest BCUT2D eigenvalue weighted by molar-refractivity contribution is 0.332. The lowest BCUT2D eigenvalue weighted by Crippen LogP contribution is -2.39. The molecule has 0 spiro atoms. The van der Waals surface area contributed by atoms with Crippen LogP contribution in [0.5, 0.6) is 0 Å². The summed E-state index contributed by atoms with van der Waals surface area (Å²) in [5, 5.41) is 7.60. The smallest absolute Gasteiger partial charge is 0.211 e. The van der Waals surface area contributed by atoms with Gasteiger partial charge in [0.25, 0.3) is 0 Å². The molecule has 1 aliphatic carbocycles. The molecule has 0 fully saturated rings. The van der Waals surface area contributed by atoms with E-state index < -0.39 is 0 Å². The van der Waals surface area contributed by atoms with Crippen molar-refractivity contribution in [1.29, 1.82) is 0 Å². The Morgan fingerprint density at radius 2 is 1.24 bits per heavy atom. The number of nitrogens with one attached hydrogen (secondary N) is 1. The molecule has 0 unspecified atom stereocenters. The van der Waals surface area contributed by atoms with Crippen LogP contribution in [0.1, 0.15) is 115 Å². The summed E-state index contributed by atoms with van der Waals surface area (Å²) < 4.78 is 9.90. The molecular formula is C68H68BN3OS. The van der Waals surface area contributed by atoms with Crippen LogP contribution < -0.4 is 25.4 Å². The van der Waals surface area contributed by atoms with Gasteiger partial charge in [-0.05, 0) is 165 Å². The average molecular weight is 986 g/mol. The first-order valence-corrected chi connectivity index (χ1v) is 27.5. The number of fused-ring (bicyclic) bond motifs is 8. The number of benzene rings is 8. The Balaban J connectivity index is 1.17. The first-order chi connectivity index (χ1) is 35.2. The molecule has 0 radical (unpaired) electrons. The summed E-state index contributed by atoms with van der Waals surface area (Å²) in [6.07, 6.45) is 2.32. The lowest BCUT2D eigenvalue weighted by Gasteiger charge is -2.43. The van der Waals surface area contributed by atoms with Crippen molar-refractivity contribution < 1.29 is 4.42 Å². The Bertz CT molecular complexity index is 3810. The van der Waals surface area contributed by atoms with Crippen LogP contribution in [-0.2, 0) is 21.7 Å². The fourth-order valence-electron chi connectivity index (χ4n) is 12.0. The van der Waals surface area contributed by atoms with Crippen LogP contribution >= 0.6 is 11.3 Å². The Hall–Kier alpha value is -7.02. The monoisotopic (exact) mass is 986 g/mol. The van der Waals surface area contributed by atoms with E-state index in [9.17, 15) is 0 Å². The normalized spacial score (nSPS) is 14.9. The first-order valence-electron chi connectivity index (χ1n) is 26.7. The van der Waals surface area contributed by atoms with Gasteiger partial charge >= 0.3 is 0 Å². The topological polar surface area (TPSA) is 31.7 Å². The van der Waals surface area contributed by atoms with E-state index in [4.69, 9.17) is 4.42 Å². The first kappa shape index (κ1) is 48.0. The Morgan fingerprint density at radius 1 is 0.608 bits per heavy atom. The number of furan rings is 1. The van der Waals surface area contributed by atoms with Crippen LogP contribution in [0.15, 0.2) is 162 Å². The molecule has 2 aromatic heterocycles. The molecule has 0 amide bonds.